The summed E-state index contributed by atoms with van der Waals surface area (Å²) in [4.78, 5) is 25.5. The van der Waals surface area contributed by atoms with E-state index in [1.807, 2.05) is 98.8 Å². The molecular formula is C25H22N2O2S. The van der Waals surface area contributed by atoms with Crippen molar-refractivity contribution in [3.63, 3.8) is 0 Å². The van der Waals surface area contributed by atoms with Gasteiger partial charge in [0.25, 0.3) is 5.91 Å². The summed E-state index contributed by atoms with van der Waals surface area (Å²) in [6.45, 7) is 3.98. The Morgan fingerprint density at radius 2 is 1.63 bits per heavy atom. The highest BCUT2D eigenvalue weighted by atomic mass is 32.1. The van der Waals surface area contributed by atoms with Crippen LogP contribution in [0.25, 0.3) is 21.9 Å². The molecule has 0 aliphatic heterocycles. The first-order valence-corrected chi connectivity index (χ1v) is 10.6. The van der Waals surface area contributed by atoms with Crippen molar-refractivity contribution in [1.82, 2.24) is 4.57 Å². The molecule has 1 N–H and O–H groups in total. The van der Waals surface area contributed by atoms with Crippen molar-refractivity contribution in [2.24, 2.45) is 0 Å². The average molecular weight is 415 g/mol. The molecule has 0 aliphatic rings. The van der Waals surface area contributed by atoms with Crippen molar-refractivity contribution in [2.75, 3.05) is 5.32 Å². The van der Waals surface area contributed by atoms with E-state index in [1.165, 1.54) is 11.3 Å². The standard InChI is InChI=1S/C25H22N2O2S/c1-17(2)27-22-14-13-20(16-23(22)30-25(27)29)26-24(28)21(19-11-7-4-8-12-19)15-18-9-5-3-6-10-18/h3-17H,1-2H3,(H,26,28)/b21-15+. The lowest BCUT2D eigenvalue weighted by atomic mass is 10.0. The molecule has 0 spiro atoms. The molecule has 0 radical (unpaired) electrons. The number of fused-ring (bicyclic) bond motifs is 1. The molecule has 0 bridgehead atoms. The summed E-state index contributed by atoms with van der Waals surface area (Å²) in [7, 11) is 0. The minimum Gasteiger partial charge on any atom is -0.322 e. The Labute approximate surface area is 179 Å². The summed E-state index contributed by atoms with van der Waals surface area (Å²) < 4.78 is 2.64. The van der Waals surface area contributed by atoms with Crippen LogP contribution in [0.15, 0.2) is 83.7 Å². The lowest BCUT2D eigenvalue weighted by molar-refractivity contribution is -0.111. The maximum Gasteiger partial charge on any atom is 0.308 e. The molecule has 0 saturated heterocycles. The van der Waals surface area contributed by atoms with Crippen molar-refractivity contribution in [1.29, 1.82) is 0 Å². The van der Waals surface area contributed by atoms with Gasteiger partial charge in [0.2, 0.25) is 0 Å². The van der Waals surface area contributed by atoms with Crippen LogP contribution in [0.4, 0.5) is 5.69 Å². The molecule has 150 valence electrons. The number of aromatic nitrogens is 1. The van der Waals surface area contributed by atoms with Gasteiger partial charge in [0.1, 0.15) is 0 Å². The van der Waals surface area contributed by atoms with Crippen LogP contribution in [0.5, 0.6) is 0 Å². The van der Waals surface area contributed by atoms with Gasteiger partial charge in [-0.25, -0.2) is 0 Å². The number of benzene rings is 3. The van der Waals surface area contributed by atoms with Crippen LogP contribution in [-0.4, -0.2) is 10.5 Å². The van der Waals surface area contributed by atoms with Gasteiger partial charge in [-0.1, -0.05) is 72.0 Å². The summed E-state index contributed by atoms with van der Waals surface area (Å²) in [5, 5.41) is 3.00. The van der Waals surface area contributed by atoms with E-state index in [0.29, 0.717) is 11.3 Å². The zero-order chi connectivity index (χ0) is 21.1. The van der Waals surface area contributed by atoms with Gasteiger partial charge in [-0.3, -0.25) is 14.2 Å². The molecule has 0 atom stereocenters. The van der Waals surface area contributed by atoms with Gasteiger partial charge in [-0.05, 0) is 49.2 Å². The molecule has 0 saturated carbocycles. The number of nitrogens with zero attached hydrogens (tertiary/aromatic N) is 1. The number of carbonyl (C=O) groups excluding carboxylic acids is 1. The molecule has 1 amide bonds. The van der Waals surface area contributed by atoms with Crippen LogP contribution in [0, 0.1) is 0 Å². The molecular weight excluding hydrogens is 392 g/mol. The Kier molecular flexibility index (Phi) is 5.63. The van der Waals surface area contributed by atoms with E-state index in [4.69, 9.17) is 0 Å². The number of amides is 1. The Balaban J connectivity index is 1.69. The predicted octanol–water partition coefficient (Wildman–Crippen LogP) is 5.82. The average Bonchev–Trinajstić information content (AvgIpc) is 3.08. The van der Waals surface area contributed by atoms with Gasteiger partial charge in [0, 0.05) is 17.3 Å². The van der Waals surface area contributed by atoms with Gasteiger partial charge in [-0.15, -0.1) is 0 Å². The van der Waals surface area contributed by atoms with Crippen LogP contribution in [0.1, 0.15) is 31.0 Å². The Morgan fingerprint density at radius 3 is 2.30 bits per heavy atom. The van der Waals surface area contributed by atoms with Crippen LogP contribution in [-0.2, 0) is 4.79 Å². The van der Waals surface area contributed by atoms with Crippen LogP contribution >= 0.6 is 11.3 Å². The normalized spacial score (nSPS) is 11.8. The smallest absolute Gasteiger partial charge is 0.308 e. The highest BCUT2D eigenvalue weighted by molar-refractivity contribution is 7.16. The maximum atomic E-state index is 13.2. The number of carbonyl (C=O) groups is 1. The second kappa shape index (κ2) is 8.51. The first-order valence-electron chi connectivity index (χ1n) is 9.81. The molecule has 4 rings (SSSR count). The molecule has 4 aromatic rings. The number of hydrogen-bond acceptors (Lipinski definition) is 3. The van der Waals surface area contributed by atoms with Gasteiger partial charge in [-0.2, -0.15) is 0 Å². The first-order chi connectivity index (χ1) is 14.5. The molecule has 0 fully saturated rings. The molecule has 0 aliphatic carbocycles. The van der Waals surface area contributed by atoms with Gasteiger partial charge in [0.05, 0.1) is 10.2 Å². The van der Waals surface area contributed by atoms with Gasteiger partial charge >= 0.3 is 4.87 Å². The molecule has 3 aromatic carbocycles. The fourth-order valence-corrected chi connectivity index (χ4v) is 4.47. The third kappa shape index (κ3) is 4.11. The monoisotopic (exact) mass is 414 g/mol. The van der Waals surface area contributed by atoms with E-state index >= 15 is 0 Å². The van der Waals surface area contributed by atoms with Crippen molar-refractivity contribution < 1.29 is 4.79 Å². The zero-order valence-electron chi connectivity index (χ0n) is 16.8. The van der Waals surface area contributed by atoms with Crippen molar-refractivity contribution in [3.8, 4) is 0 Å². The second-order valence-corrected chi connectivity index (χ2v) is 8.30. The minimum atomic E-state index is -0.194. The van der Waals surface area contributed by atoms with Crippen LogP contribution in [0.3, 0.4) is 0 Å². The summed E-state index contributed by atoms with van der Waals surface area (Å²) >= 11 is 1.20. The molecule has 5 heteroatoms. The quantitative estimate of drug-likeness (QED) is 0.330. The maximum absolute atomic E-state index is 13.2. The lowest BCUT2D eigenvalue weighted by Gasteiger charge is -2.11. The third-order valence-corrected chi connectivity index (χ3v) is 5.75. The Hall–Kier alpha value is -3.44. The van der Waals surface area contributed by atoms with Gasteiger partial charge < -0.3 is 5.32 Å². The zero-order valence-corrected chi connectivity index (χ0v) is 17.6. The molecule has 4 nitrogen and oxygen atoms in total. The highest BCUT2D eigenvalue weighted by Gasteiger charge is 2.15. The largest absolute Gasteiger partial charge is 0.322 e. The molecule has 1 aromatic heterocycles. The third-order valence-electron chi connectivity index (χ3n) is 4.83. The number of hydrogen-bond donors (Lipinski definition) is 1. The first kappa shape index (κ1) is 19.9. The minimum absolute atomic E-state index is 0.0115. The van der Waals surface area contributed by atoms with Gasteiger partial charge in [0.15, 0.2) is 0 Å². The van der Waals surface area contributed by atoms with E-state index in [9.17, 15) is 9.59 Å². The molecule has 30 heavy (non-hydrogen) atoms. The molecule has 0 unspecified atom stereocenters. The van der Waals surface area contributed by atoms with Crippen LogP contribution in [0.2, 0.25) is 0 Å². The topological polar surface area (TPSA) is 51.1 Å². The lowest BCUT2D eigenvalue weighted by Crippen LogP contribution is -2.15. The van der Waals surface area contributed by atoms with Crippen molar-refractivity contribution in [3.05, 3.63) is 99.7 Å². The Bertz CT molecular complexity index is 1270. The summed E-state index contributed by atoms with van der Waals surface area (Å²) in [6.07, 6.45) is 1.89. The summed E-state index contributed by atoms with van der Waals surface area (Å²) in [6, 6.07) is 25.1. The van der Waals surface area contributed by atoms with E-state index in [0.717, 1.165) is 21.3 Å². The van der Waals surface area contributed by atoms with E-state index < -0.39 is 0 Å². The van der Waals surface area contributed by atoms with Crippen LogP contribution < -0.4 is 10.2 Å². The predicted molar refractivity (Wildman–Crippen MR) is 126 cm³/mol. The summed E-state index contributed by atoms with van der Waals surface area (Å²) in [5.41, 5.74) is 3.93. The van der Waals surface area contributed by atoms with E-state index in [1.54, 1.807) is 4.57 Å². The number of anilines is 1. The Morgan fingerprint density at radius 1 is 0.967 bits per heavy atom. The fourth-order valence-electron chi connectivity index (χ4n) is 3.42. The highest BCUT2D eigenvalue weighted by Crippen LogP contribution is 2.26. The fraction of sp³-hybridized carbons (Fsp3) is 0.120. The number of thiazole rings is 1. The number of rotatable bonds is 5. The second-order valence-electron chi connectivity index (χ2n) is 7.30. The number of nitrogens with one attached hydrogen (secondary N) is 1. The molecule has 1 heterocycles. The van der Waals surface area contributed by atoms with E-state index in [-0.39, 0.29) is 16.8 Å². The van der Waals surface area contributed by atoms with E-state index in [2.05, 4.69) is 5.32 Å². The van der Waals surface area contributed by atoms with Crippen molar-refractivity contribution in [2.45, 2.75) is 19.9 Å². The SMILES string of the molecule is CC(C)n1c(=O)sc2cc(NC(=O)/C(=C/c3ccccc3)c3ccccc3)ccc21. The summed E-state index contributed by atoms with van der Waals surface area (Å²) in [5.74, 6) is -0.194. The van der Waals surface area contributed by atoms with Crippen molar-refractivity contribution >= 4 is 44.8 Å².